The number of methoxy groups -OCH3 is 1. The minimum Gasteiger partial charge on any atom is -0.469 e. The van der Waals surface area contributed by atoms with Crippen LogP contribution in [0, 0.1) is 11.7 Å². The van der Waals surface area contributed by atoms with Gasteiger partial charge in [-0.1, -0.05) is 19.1 Å². The van der Waals surface area contributed by atoms with Crippen molar-refractivity contribution in [3.8, 4) is 0 Å². The summed E-state index contributed by atoms with van der Waals surface area (Å²) in [6.45, 7) is 1.89. The van der Waals surface area contributed by atoms with Crippen LogP contribution in [0.3, 0.4) is 0 Å². The maximum absolute atomic E-state index is 13.9. The van der Waals surface area contributed by atoms with Gasteiger partial charge in [0.25, 0.3) is 5.91 Å². The van der Waals surface area contributed by atoms with Gasteiger partial charge in [-0.25, -0.2) is 4.39 Å². The highest BCUT2D eigenvalue weighted by atomic mass is 19.1. The number of esters is 1. The topological polar surface area (TPSA) is 59.8 Å². The van der Waals surface area contributed by atoms with Gasteiger partial charge < -0.3 is 14.1 Å². The van der Waals surface area contributed by atoms with Gasteiger partial charge in [-0.05, 0) is 24.3 Å². The van der Waals surface area contributed by atoms with Crippen LogP contribution in [-0.4, -0.2) is 30.4 Å². The van der Waals surface area contributed by atoms with Crippen LogP contribution < -0.4 is 0 Å². The van der Waals surface area contributed by atoms with E-state index in [2.05, 4.69) is 4.74 Å². The third kappa shape index (κ3) is 4.18. The molecule has 5 nitrogen and oxygen atoms in total. The first-order chi connectivity index (χ1) is 11.0. The van der Waals surface area contributed by atoms with Crippen molar-refractivity contribution in [2.75, 3.05) is 13.7 Å². The molecule has 0 aliphatic carbocycles. The maximum Gasteiger partial charge on any atom is 0.310 e. The van der Waals surface area contributed by atoms with Crippen molar-refractivity contribution in [1.82, 2.24) is 4.90 Å². The van der Waals surface area contributed by atoms with Gasteiger partial charge in [-0.3, -0.25) is 9.59 Å². The van der Waals surface area contributed by atoms with E-state index in [1.165, 1.54) is 36.5 Å². The molecule has 0 N–H and O–H groups in total. The Morgan fingerprint density at radius 2 is 2.00 bits per heavy atom. The molecule has 1 aromatic carbocycles. The van der Waals surface area contributed by atoms with E-state index >= 15 is 0 Å². The summed E-state index contributed by atoms with van der Waals surface area (Å²) in [5, 5.41) is 0. The van der Waals surface area contributed by atoms with Crippen LogP contribution >= 0.6 is 0 Å². The zero-order valence-corrected chi connectivity index (χ0v) is 13.0. The van der Waals surface area contributed by atoms with Gasteiger partial charge in [0, 0.05) is 6.54 Å². The first-order valence-corrected chi connectivity index (χ1v) is 7.17. The molecule has 122 valence electrons. The van der Waals surface area contributed by atoms with Crippen LogP contribution in [0.15, 0.2) is 47.1 Å². The van der Waals surface area contributed by atoms with E-state index in [0.717, 1.165) is 0 Å². The van der Waals surface area contributed by atoms with Crippen LogP contribution in [0.2, 0.25) is 0 Å². The lowest BCUT2D eigenvalue weighted by Gasteiger charge is -2.24. The summed E-state index contributed by atoms with van der Waals surface area (Å²) < 4.78 is 23.8. The molecule has 0 radical (unpaired) electrons. The zero-order valence-electron chi connectivity index (χ0n) is 13.0. The summed E-state index contributed by atoms with van der Waals surface area (Å²) in [6.07, 6.45) is 1.49. The van der Waals surface area contributed by atoms with Crippen molar-refractivity contribution < 1.29 is 23.1 Å². The minimum absolute atomic E-state index is 0.0453. The normalized spacial score (nSPS) is 11.8. The molecule has 1 amide bonds. The predicted octanol–water partition coefficient (Wildman–Crippen LogP) is 2.87. The number of furan rings is 1. The number of benzene rings is 1. The van der Waals surface area contributed by atoms with E-state index in [1.54, 1.807) is 25.1 Å². The molecule has 0 saturated carbocycles. The quantitative estimate of drug-likeness (QED) is 0.768. The Labute approximate surface area is 133 Å². The molecule has 0 aliphatic rings. The molecular formula is C17H18FNO4. The van der Waals surface area contributed by atoms with E-state index in [9.17, 15) is 14.0 Å². The van der Waals surface area contributed by atoms with Crippen molar-refractivity contribution in [3.63, 3.8) is 0 Å². The number of carbonyl (C=O) groups is 2. The molecule has 1 heterocycles. The summed E-state index contributed by atoms with van der Waals surface area (Å²) in [5.41, 5.74) is -0.0453. The van der Waals surface area contributed by atoms with Crippen LogP contribution in [0.1, 0.15) is 23.0 Å². The molecule has 1 aromatic heterocycles. The van der Waals surface area contributed by atoms with Crippen LogP contribution in [0.25, 0.3) is 0 Å². The third-order valence-electron chi connectivity index (χ3n) is 3.42. The highest BCUT2D eigenvalue weighted by Gasteiger charge is 2.25. The lowest BCUT2D eigenvalue weighted by atomic mass is 10.1. The highest BCUT2D eigenvalue weighted by Crippen LogP contribution is 2.15. The van der Waals surface area contributed by atoms with Crippen LogP contribution in [0.4, 0.5) is 4.39 Å². The van der Waals surface area contributed by atoms with Gasteiger partial charge in [-0.15, -0.1) is 0 Å². The van der Waals surface area contributed by atoms with Crippen molar-refractivity contribution in [3.05, 3.63) is 59.8 Å². The number of hydrogen-bond acceptors (Lipinski definition) is 4. The Kier molecular flexibility index (Phi) is 5.51. The molecule has 0 fully saturated rings. The Morgan fingerprint density at radius 1 is 1.26 bits per heavy atom. The Balaban J connectivity index is 2.23. The smallest absolute Gasteiger partial charge is 0.310 e. The predicted molar refractivity (Wildman–Crippen MR) is 81.0 cm³/mol. The van der Waals surface area contributed by atoms with Crippen molar-refractivity contribution >= 4 is 11.9 Å². The molecule has 2 rings (SSSR count). The van der Waals surface area contributed by atoms with E-state index in [0.29, 0.717) is 5.76 Å². The number of carbonyl (C=O) groups excluding carboxylic acids is 2. The molecular weight excluding hydrogens is 301 g/mol. The van der Waals surface area contributed by atoms with Crippen LogP contribution in [-0.2, 0) is 16.1 Å². The Hall–Kier alpha value is -2.63. The molecule has 0 saturated heterocycles. The molecule has 0 spiro atoms. The number of rotatable bonds is 6. The van der Waals surface area contributed by atoms with E-state index in [-0.39, 0.29) is 18.7 Å². The van der Waals surface area contributed by atoms with E-state index in [1.807, 2.05) is 0 Å². The Bertz CT molecular complexity index is 669. The summed E-state index contributed by atoms with van der Waals surface area (Å²) in [6, 6.07) is 9.15. The average Bonchev–Trinajstić information content (AvgIpc) is 3.06. The van der Waals surface area contributed by atoms with E-state index < -0.39 is 23.6 Å². The summed E-state index contributed by atoms with van der Waals surface area (Å²) >= 11 is 0. The highest BCUT2D eigenvalue weighted by molar-refractivity contribution is 5.94. The lowest BCUT2D eigenvalue weighted by Crippen LogP contribution is -2.37. The fraction of sp³-hybridized carbons (Fsp3) is 0.294. The number of hydrogen-bond donors (Lipinski definition) is 0. The monoisotopic (exact) mass is 319 g/mol. The zero-order chi connectivity index (χ0) is 16.8. The number of ether oxygens (including phenoxy) is 1. The van der Waals surface area contributed by atoms with Gasteiger partial charge in [0.15, 0.2) is 0 Å². The fourth-order valence-corrected chi connectivity index (χ4v) is 2.22. The first-order valence-electron chi connectivity index (χ1n) is 7.17. The fourth-order valence-electron chi connectivity index (χ4n) is 2.22. The molecule has 23 heavy (non-hydrogen) atoms. The van der Waals surface area contributed by atoms with Gasteiger partial charge >= 0.3 is 5.97 Å². The molecule has 1 atom stereocenters. The number of amides is 1. The maximum atomic E-state index is 13.9. The molecule has 0 bridgehead atoms. The van der Waals surface area contributed by atoms with Gasteiger partial charge in [0.05, 0.1) is 31.4 Å². The molecule has 1 unspecified atom stereocenters. The molecule has 2 aromatic rings. The number of nitrogens with zero attached hydrogens (tertiary/aromatic N) is 1. The standard InChI is InChI=1S/C17H18FNO4/c1-12(17(21)22-2)10-19(11-13-6-5-9-23-13)16(20)14-7-3-4-8-15(14)18/h3-9,12H,10-11H2,1-2H3. The van der Waals surface area contributed by atoms with Gasteiger partial charge in [-0.2, -0.15) is 0 Å². The summed E-state index contributed by atoms with van der Waals surface area (Å²) in [4.78, 5) is 25.6. The van der Waals surface area contributed by atoms with Crippen LogP contribution in [0.5, 0.6) is 0 Å². The molecule has 0 aliphatic heterocycles. The second-order valence-corrected chi connectivity index (χ2v) is 5.17. The summed E-state index contributed by atoms with van der Waals surface area (Å²) in [7, 11) is 1.29. The molecule has 6 heteroatoms. The summed E-state index contributed by atoms with van der Waals surface area (Å²) in [5.74, 6) is -1.53. The van der Waals surface area contributed by atoms with Crippen molar-refractivity contribution in [2.24, 2.45) is 5.92 Å². The lowest BCUT2D eigenvalue weighted by molar-refractivity contribution is -0.145. The number of halogens is 1. The van der Waals surface area contributed by atoms with Crippen molar-refractivity contribution in [2.45, 2.75) is 13.5 Å². The van der Waals surface area contributed by atoms with Gasteiger partial charge in [0.2, 0.25) is 0 Å². The third-order valence-corrected chi connectivity index (χ3v) is 3.42. The average molecular weight is 319 g/mol. The first kappa shape index (κ1) is 16.7. The Morgan fingerprint density at radius 3 is 2.61 bits per heavy atom. The largest absolute Gasteiger partial charge is 0.469 e. The SMILES string of the molecule is COC(=O)C(C)CN(Cc1ccco1)C(=O)c1ccccc1F. The van der Waals surface area contributed by atoms with E-state index in [4.69, 9.17) is 4.42 Å². The second-order valence-electron chi connectivity index (χ2n) is 5.17. The second kappa shape index (κ2) is 7.58. The van der Waals surface area contributed by atoms with Crippen molar-refractivity contribution in [1.29, 1.82) is 0 Å². The van der Waals surface area contributed by atoms with Gasteiger partial charge in [0.1, 0.15) is 11.6 Å². The minimum atomic E-state index is -0.604.